The smallest absolute Gasteiger partial charge is 0.238 e. The van der Waals surface area contributed by atoms with Crippen LogP contribution in [0.4, 0.5) is 5.13 Å². The van der Waals surface area contributed by atoms with Crippen LogP contribution < -0.4 is 10.5 Å². The fraction of sp³-hybridized carbons (Fsp3) is 0.286. The van der Waals surface area contributed by atoms with E-state index in [2.05, 4.69) is 10.3 Å². The number of hydrogen-bond acceptors (Lipinski definition) is 5. The monoisotopic (exact) mass is 339 g/mol. The number of primary sulfonamides is 1. The van der Waals surface area contributed by atoms with Gasteiger partial charge in [0, 0.05) is 4.88 Å². The quantitative estimate of drug-likeness (QED) is 0.867. The summed E-state index contributed by atoms with van der Waals surface area (Å²) in [5.41, 5.74) is 1.69. The minimum absolute atomic E-state index is 0.0276. The summed E-state index contributed by atoms with van der Waals surface area (Å²) in [5.74, 6) is -0.195. The van der Waals surface area contributed by atoms with Gasteiger partial charge in [0.2, 0.25) is 15.9 Å². The number of amides is 1. The number of anilines is 1. The van der Waals surface area contributed by atoms with Crippen LogP contribution in [-0.2, 0) is 27.7 Å². The van der Waals surface area contributed by atoms with Crippen molar-refractivity contribution in [1.82, 2.24) is 4.98 Å². The van der Waals surface area contributed by atoms with Crippen molar-refractivity contribution < 1.29 is 13.2 Å². The van der Waals surface area contributed by atoms with Crippen LogP contribution in [0.15, 0.2) is 29.2 Å². The highest BCUT2D eigenvalue weighted by Gasteiger charge is 2.11. The van der Waals surface area contributed by atoms with Crippen LogP contribution in [0.25, 0.3) is 0 Å². The summed E-state index contributed by atoms with van der Waals surface area (Å²) in [6, 6.07) is 5.93. The number of carbonyl (C=O) groups excluding carboxylic acids is 1. The molecule has 0 atom stereocenters. The molecule has 0 aliphatic heterocycles. The summed E-state index contributed by atoms with van der Waals surface area (Å²) < 4.78 is 22.3. The van der Waals surface area contributed by atoms with E-state index in [9.17, 15) is 13.2 Å². The molecule has 2 aromatic rings. The van der Waals surface area contributed by atoms with Crippen molar-refractivity contribution in [2.45, 2.75) is 31.6 Å². The molecule has 0 spiro atoms. The number of rotatable bonds is 5. The molecule has 1 amide bonds. The van der Waals surface area contributed by atoms with Crippen LogP contribution in [0.5, 0.6) is 0 Å². The summed E-state index contributed by atoms with van der Waals surface area (Å²) >= 11 is 1.44. The zero-order valence-corrected chi connectivity index (χ0v) is 13.9. The number of sulfonamides is 1. The lowest BCUT2D eigenvalue weighted by Gasteiger charge is -2.03. The summed E-state index contributed by atoms with van der Waals surface area (Å²) in [5, 5.41) is 8.37. The van der Waals surface area contributed by atoms with Gasteiger partial charge < -0.3 is 5.32 Å². The summed E-state index contributed by atoms with van der Waals surface area (Å²) in [6.45, 7) is 3.98. The Morgan fingerprint density at radius 1 is 1.32 bits per heavy atom. The molecule has 0 radical (unpaired) electrons. The molecule has 2 rings (SSSR count). The third-order valence-corrected chi connectivity index (χ3v) is 4.95. The number of carbonyl (C=O) groups is 1. The van der Waals surface area contributed by atoms with E-state index in [4.69, 9.17) is 5.14 Å². The lowest BCUT2D eigenvalue weighted by Crippen LogP contribution is -2.15. The molecule has 6 nitrogen and oxygen atoms in total. The van der Waals surface area contributed by atoms with Crippen molar-refractivity contribution in [3.8, 4) is 0 Å². The number of aromatic nitrogens is 1. The Bertz CT molecular complexity index is 780. The highest BCUT2D eigenvalue weighted by Crippen LogP contribution is 2.22. The van der Waals surface area contributed by atoms with Gasteiger partial charge in [-0.15, -0.1) is 11.3 Å². The largest absolute Gasteiger partial charge is 0.302 e. The van der Waals surface area contributed by atoms with E-state index < -0.39 is 10.0 Å². The summed E-state index contributed by atoms with van der Waals surface area (Å²) in [7, 11) is -3.71. The molecule has 8 heteroatoms. The average molecular weight is 339 g/mol. The van der Waals surface area contributed by atoms with Gasteiger partial charge in [0.25, 0.3) is 0 Å². The standard InChI is InChI=1S/C14H17N3O3S2/c1-3-12-9(2)21-14(16-12)17-13(18)8-10-4-6-11(7-5-10)22(15,19)20/h4-7H,3,8H2,1-2H3,(H2,15,19,20)(H,16,17,18). The first-order chi connectivity index (χ1) is 10.3. The minimum Gasteiger partial charge on any atom is -0.302 e. The fourth-order valence-electron chi connectivity index (χ4n) is 1.96. The Morgan fingerprint density at radius 3 is 2.45 bits per heavy atom. The van der Waals surface area contributed by atoms with Gasteiger partial charge in [0.1, 0.15) is 0 Å². The summed E-state index contributed by atoms with van der Waals surface area (Å²) in [4.78, 5) is 17.5. The van der Waals surface area contributed by atoms with E-state index in [1.807, 2.05) is 13.8 Å². The maximum absolute atomic E-state index is 12.0. The van der Waals surface area contributed by atoms with Crippen LogP contribution in [0, 0.1) is 6.92 Å². The summed E-state index contributed by atoms with van der Waals surface area (Å²) in [6.07, 6.45) is 0.970. The van der Waals surface area contributed by atoms with Crippen LogP contribution in [0.3, 0.4) is 0 Å². The van der Waals surface area contributed by atoms with Crippen molar-refractivity contribution in [2.75, 3.05) is 5.32 Å². The van der Waals surface area contributed by atoms with Crippen LogP contribution in [-0.4, -0.2) is 19.3 Å². The lowest BCUT2D eigenvalue weighted by molar-refractivity contribution is -0.115. The predicted octanol–water partition coefficient (Wildman–Crippen LogP) is 1.84. The van der Waals surface area contributed by atoms with Gasteiger partial charge in [-0.2, -0.15) is 0 Å². The molecule has 22 heavy (non-hydrogen) atoms. The molecule has 1 aromatic carbocycles. The average Bonchev–Trinajstić information content (AvgIpc) is 2.78. The topological polar surface area (TPSA) is 102 Å². The number of hydrogen-bond donors (Lipinski definition) is 2. The molecule has 3 N–H and O–H groups in total. The van der Waals surface area contributed by atoms with Crippen molar-refractivity contribution in [3.05, 3.63) is 40.4 Å². The molecular weight excluding hydrogens is 322 g/mol. The van der Waals surface area contributed by atoms with Gasteiger partial charge in [-0.25, -0.2) is 18.5 Å². The van der Waals surface area contributed by atoms with E-state index in [-0.39, 0.29) is 17.2 Å². The van der Waals surface area contributed by atoms with Crippen molar-refractivity contribution >= 4 is 32.4 Å². The number of nitrogens with two attached hydrogens (primary N) is 1. The lowest BCUT2D eigenvalue weighted by atomic mass is 10.1. The van der Waals surface area contributed by atoms with E-state index in [1.54, 1.807) is 12.1 Å². The van der Waals surface area contributed by atoms with Crippen molar-refractivity contribution in [2.24, 2.45) is 5.14 Å². The number of nitrogens with zero attached hydrogens (tertiary/aromatic N) is 1. The fourth-order valence-corrected chi connectivity index (χ4v) is 3.39. The van der Waals surface area contributed by atoms with E-state index >= 15 is 0 Å². The molecule has 0 saturated heterocycles. The number of benzene rings is 1. The Hall–Kier alpha value is -1.77. The van der Waals surface area contributed by atoms with Gasteiger partial charge >= 0.3 is 0 Å². The van der Waals surface area contributed by atoms with Gasteiger partial charge in [-0.3, -0.25) is 4.79 Å². The van der Waals surface area contributed by atoms with E-state index in [0.29, 0.717) is 10.7 Å². The minimum atomic E-state index is -3.71. The first-order valence-corrected chi connectivity index (χ1v) is 9.03. The number of thiazole rings is 1. The molecule has 0 saturated carbocycles. The first kappa shape index (κ1) is 16.6. The van der Waals surface area contributed by atoms with Crippen molar-refractivity contribution in [3.63, 3.8) is 0 Å². The zero-order valence-electron chi connectivity index (χ0n) is 12.3. The maximum atomic E-state index is 12.0. The van der Waals surface area contributed by atoms with E-state index in [0.717, 1.165) is 17.0 Å². The molecule has 1 heterocycles. The Kier molecular flexibility index (Phi) is 4.94. The highest BCUT2D eigenvalue weighted by atomic mass is 32.2. The van der Waals surface area contributed by atoms with Crippen LogP contribution in [0.2, 0.25) is 0 Å². The van der Waals surface area contributed by atoms with Crippen molar-refractivity contribution in [1.29, 1.82) is 0 Å². The van der Waals surface area contributed by atoms with E-state index in [1.165, 1.54) is 23.5 Å². The number of nitrogens with one attached hydrogen (secondary N) is 1. The van der Waals surface area contributed by atoms with Crippen LogP contribution in [0.1, 0.15) is 23.1 Å². The molecule has 0 unspecified atom stereocenters. The molecule has 0 aliphatic rings. The molecule has 1 aromatic heterocycles. The highest BCUT2D eigenvalue weighted by molar-refractivity contribution is 7.89. The third-order valence-electron chi connectivity index (χ3n) is 3.09. The normalized spacial score (nSPS) is 11.4. The first-order valence-electron chi connectivity index (χ1n) is 6.67. The van der Waals surface area contributed by atoms with Gasteiger partial charge in [-0.1, -0.05) is 19.1 Å². The number of aryl methyl sites for hydroxylation is 2. The molecule has 0 fully saturated rings. The van der Waals surface area contributed by atoms with Gasteiger partial charge in [0.15, 0.2) is 5.13 Å². The second-order valence-corrected chi connectivity index (χ2v) is 7.55. The van der Waals surface area contributed by atoms with Gasteiger partial charge in [-0.05, 0) is 31.0 Å². The Morgan fingerprint density at radius 2 is 1.95 bits per heavy atom. The second kappa shape index (κ2) is 6.55. The Balaban J connectivity index is 2.02. The molecule has 0 bridgehead atoms. The molecule has 118 valence electrons. The molecular formula is C14H17N3O3S2. The predicted molar refractivity (Wildman–Crippen MR) is 86.4 cm³/mol. The second-order valence-electron chi connectivity index (χ2n) is 4.79. The Labute approximate surface area is 133 Å². The van der Waals surface area contributed by atoms with Crippen LogP contribution >= 0.6 is 11.3 Å². The van der Waals surface area contributed by atoms with Gasteiger partial charge in [0.05, 0.1) is 17.0 Å². The molecule has 0 aliphatic carbocycles. The maximum Gasteiger partial charge on any atom is 0.238 e. The SMILES string of the molecule is CCc1nc(NC(=O)Cc2ccc(S(N)(=O)=O)cc2)sc1C. The third kappa shape index (κ3) is 4.12. The zero-order chi connectivity index (χ0) is 16.3.